The molecule has 1 aliphatic carbocycles. The molecule has 0 heterocycles. The SMILES string of the molecule is Cc1ccc(O)c2c1C(C)CC2Nc1cc(Cl)ccc1Cl. The first kappa shape index (κ1) is 14.6. The van der Waals surface area contributed by atoms with Crippen LogP contribution in [0.2, 0.25) is 10.0 Å². The van der Waals surface area contributed by atoms with Gasteiger partial charge in [-0.2, -0.15) is 0 Å². The number of hydrogen-bond donors (Lipinski definition) is 2. The summed E-state index contributed by atoms with van der Waals surface area (Å²) in [4.78, 5) is 0. The number of phenolic OH excluding ortho intramolecular Hbond substituents is 1. The molecule has 0 bridgehead atoms. The summed E-state index contributed by atoms with van der Waals surface area (Å²) in [5.74, 6) is 0.748. The molecule has 2 aromatic rings. The minimum Gasteiger partial charge on any atom is -0.508 e. The number of aryl methyl sites for hydroxylation is 1. The Bertz CT molecular complexity index is 699. The van der Waals surface area contributed by atoms with Crippen molar-refractivity contribution in [2.75, 3.05) is 5.32 Å². The molecule has 0 fully saturated rings. The van der Waals surface area contributed by atoms with Crippen LogP contribution in [0.5, 0.6) is 5.75 Å². The fraction of sp³-hybridized carbons (Fsp3) is 0.294. The number of halogens is 2. The first-order valence-corrected chi connectivity index (χ1v) is 7.77. The van der Waals surface area contributed by atoms with Crippen LogP contribution in [0, 0.1) is 6.92 Å². The quantitative estimate of drug-likeness (QED) is 0.747. The number of nitrogens with one attached hydrogen (secondary N) is 1. The minimum atomic E-state index is 0.0471. The molecule has 2 nitrogen and oxygen atoms in total. The average molecular weight is 322 g/mol. The Kier molecular flexibility index (Phi) is 3.76. The number of benzene rings is 2. The number of fused-ring (bicyclic) bond motifs is 1. The van der Waals surface area contributed by atoms with E-state index in [2.05, 4.69) is 19.2 Å². The monoisotopic (exact) mass is 321 g/mol. The van der Waals surface area contributed by atoms with E-state index in [0.29, 0.717) is 21.7 Å². The van der Waals surface area contributed by atoms with E-state index in [0.717, 1.165) is 17.7 Å². The summed E-state index contributed by atoms with van der Waals surface area (Å²) in [6.45, 7) is 4.27. The van der Waals surface area contributed by atoms with Crippen molar-refractivity contribution >= 4 is 28.9 Å². The van der Waals surface area contributed by atoms with Gasteiger partial charge in [0.15, 0.2) is 0 Å². The maximum Gasteiger partial charge on any atom is 0.121 e. The normalized spacial score (nSPS) is 20.4. The summed E-state index contributed by atoms with van der Waals surface area (Å²) in [7, 11) is 0. The van der Waals surface area contributed by atoms with Crippen LogP contribution >= 0.6 is 23.2 Å². The van der Waals surface area contributed by atoms with E-state index in [-0.39, 0.29) is 6.04 Å². The molecule has 0 aliphatic heterocycles. The van der Waals surface area contributed by atoms with E-state index >= 15 is 0 Å². The van der Waals surface area contributed by atoms with E-state index in [1.807, 2.05) is 12.1 Å². The zero-order valence-electron chi connectivity index (χ0n) is 12.0. The van der Waals surface area contributed by atoms with Crippen molar-refractivity contribution in [1.29, 1.82) is 0 Å². The van der Waals surface area contributed by atoms with E-state index in [1.165, 1.54) is 11.1 Å². The van der Waals surface area contributed by atoms with Crippen molar-refractivity contribution < 1.29 is 5.11 Å². The van der Waals surface area contributed by atoms with Crippen LogP contribution < -0.4 is 5.32 Å². The van der Waals surface area contributed by atoms with Gasteiger partial charge < -0.3 is 10.4 Å². The van der Waals surface area contributed by atoms with Gasteiger partial charge >= 0.3 is 0 Å². The van der Waals surface area contributed by atoms with Crippen LogP contribution in [0.25, 0.3) is 0 Å². The van der Waals surface area contributed by atoms with Crippen LogP contribution in [0.3, 0.4) is 0 Å². The fourth-order valence-corrected chi connectivity index (χ4v) is 3.61. The Balaban J connectivity index is 2.00. The molecule has 4 heteroatoms. The topological polar surface area (TPSA) is 32.3 Å². The highest BCUT2D eigenvalue weighted by Crippen LogP contribution is 2.47. The molecule has 3 rings (SSSR count). The molecule has 2 aromatic carbocycles. The second-order valence-electron chi connectivity index (χ2n) is 5.69. The molecule has 0 radical (unpaired) electrons. The average Bonchev–Trinajstić information content (AvgIpc) is 2.76. The molecule has 0 spiro atoms. The van der Waals surface area contributed by atoms with Crippen molar-refractivity contribution in [3.05, 3.63) is 57.1 Å². The number of hydrogen-bond acceptors (Lipinski definition) is 2. The molecule has 0 saturated carbocycles. The second kappa shape index (κ2) is 5.43. The standard InChI is InChI=1S/C17H17Cl2NO/c1-9-3-6-15(21)17-14(7-10(2)16(9)17)20-13-8-11(18)4-5-12(13)19/h3-6,8,10,14,20-21H,7H2,1-2H3. The van der Waals surface area contributed by atoms with Crippen molar-refractivity contribution in [2.45, 2.75) is 32.2 Å². The molecule has 0 saturated heterocycles. The lowest BCUT2D eigenvalue weighted by Crippen LogP contribution is -2.08. The lowest BCUT2D eigenvalue weighted by molar-refractivity contribution is 0.465. The summed E-state index contributed by atoms with van der Waals surface area (Å²) >= 11 is 12.3. The van der Waals surface area contributed by atoms with Crippen LogP contribution in [0.4, 0.5) is 5.69 Å². The van der Waals surface area contributed by atoms with Crippen molar-refractivity contribution in [2.24, 2.45) is 0 Å². The number of phenols is 1. The van der Waals surface area contributed by atoms with Gasteiger partial charge in [0, 0.05) is 10.6 Å². The van der Waals surface area contributed by atoms with Gasteiger partial charge in [-0.1, -0.05) is 36.2 Å². The largest absolute Gasteiger partial charge is 0.508 e. The summed E-state index contributed by atoms with van der Waals surface area (Å²) in [6, 6.07) is 9.15. The highest BCUT2D eigenvalue weighted by atomic mass is 35.5. The van der Waals surface area contributed by atoms with Crippen molar-refractivity contribution in [1.82, 2.24) is 0 Å². The predicted molar refractivity (Wildman–Crippen MR) is 88.7 cm³/mol. The van der Waals surface area contributed by atoms with Gasteiger partial charge in [-0.3, -0.25) is 0 Å². The number of aromatic hydroxyl groups is 1. The summed E-state index contributed by atoms with van der Waals surface area (Å²) in [5, 5.41) is 14.9. The van der Waals surface area contributed by atoms with Crippen LogP contribution in [0.1, 0.15) is 42.0 Å². The van der Waals surface area contributed by atoms with Gasteiger partial charge in [-0.25, -0.2) is 0 Å². The van der Waals surface area contributed by atoms with Crippen LogP contribution in [-0.2, 0) is 0 Å². The third-order valence-corrected chi connectivity index (χ3v) is 4.74. The van der Waals surface area contributed by atoms with Gasteiger partial charge in [0.05, 0.1) is 16.8 Å². The molecule has 0 aromatic heterocycles. The van der Waals surface area contributed by atoms with Gasteiger partial charge in [0.2, 0.25) is 0 Å². The Labute approximate surface area is 134 Å². The lowest BCUT2D eigenvalue weighted by atomic mass is 9.97. The van der Waals surface area contributed by atoms with Crippen LogP contribution in [-0.4, -0.2) is 5.11 Å². The molecular weight excluding hydrogens is 305 g/mol. The molecule has 110 valence electrons. The molecule has 21 heavy (non-hydrogen) atoms. The fourth-order valence-electron chi connectivity index (χ4n) is 3.27. The Morgan fingerprint density at radius 3 is 2.67 bits per heavy atom. The predicted octanol–water partition coefficient (Wildman–Crippen LogP) is 5.67. The van der Waals surface area contributed by atoms with Crippen molar-refractivity contribution in [3.63, 3.8) is 0 Å². The van der Waals surface area contributed by atoms with Gasteiger partial charge in [-0.05, 0) is 54.7 Å². The van der Waals surface area contributed by atoms with Crippen LogP contribution in [0.15, 0.2) is 30.3 Å². The highest BCUT2D eigenvalue weighted by Gasteiger charge is 2.32. The third kappa shape index (κ3) is 2.58. The minimum absolute atomic E-state index is 0.0471. The van der Waals surface area contributed by atoms with E-state index in [1.54, 1.807) is 18.2 Å². The molecule has 2 N–H and O–H groups in total. The number of rotatable bonds is 2. The zero-order chi connectivity index (χ0) is 15.1. The van der Waals surface area contributed by atoms with Gasteiger partial charge in [0.1, 0.15) is 5.75 Å². The van der Waals surface area contributed by atoms with Crippen molar-refractivity contribution in [3.8, 4) is 5.75 Å². The second-order valence-corrected chi connectivity index (χ2v) is 6.53. The maximum atomic E-state index is 10.2. The van der Waals surface area contributed by atoms with Gasteiger partial charge in [0.25, 0.3) is 0 Å². The molecule has 0 amide bonds. The first-order valence-electron chi connectivity index (χ1n) is 7.01. The highest BCUT2D eigenvalue weighted by molar-refractivity contribution is 6.35. The molecule has 2 unspecified atom stereocenters. The summed E-state index contributed by atoms with van der Waals surface area (Å²) < 4.78 is 0. The Hall–Kier alpha value is -1.38. The summed E-state index contributed by atoms with van der Waals surface area (Å²) in [5.41, 5.74) is 4.25. The Morgan fingerprint density at radius 2 is 1.90 bits per heavy atom. The smallest absolute Gasteiger partial charge is 0.121 e. The third-order valence-electron chi connectivity index (χ3n) is 4.17. The van der Waals surface area contributed by atoms with E-state index < -0.39 is 0 Å². The van der Waals surface area contributed by atoms with E-state index in [9.17, 15) is 5.11 Å². The van der Waals surface area contributed by atoms with Gasteiger partial charge in [-0.15, -0.1) is 0 Å². The lowest BCUT2D eigenvalue weighted by Gasteiger charge is -2.18. The first-order chi connectivity index (χ1) is 9.97. The Morgan fingerprint density at radius 1 is 1.14 bits per heavy atom. The number of anilines is 1. The zero-order valence-corrected chi connectivity index (χ0v) is 13.5. The molecule has 2 atom stereocenters. The maximum absolute atomic E-state index is 10.2. The summed E-state index contributed by atoms with van der Waals surface area (Å²) in [6.07, 6.45) is 0.927. The van der Waals surface area contributed by atoms with E-state index in [4.69, 9.17) is 23.2 Å². The molecule has 1 aliphatic rings. The molecular formula is C17H17Cl2NO.